The largest absolute Gasteiger partial charge is 0.379 e. The molecule has 2 aromatic carbocycles. The van der Waals surface area contributed by atoms with Gasteiger partial charge in [0.2, 0.25) is 0 Å². The summed E-state index contributed by atoms with van der Waals surface area (Å²) >= 11 is 0. The standard InChI is InChI=1S/C24H27NO2/c1-17-16-20-6-4-5-7-21(20)22(17)18-8-10-19(11-9-18)23(26)24(2,3)25-12-14-27-15-13-25/h4-11,16,22H,12-15H2,1-3H3. The van der Waals surface area contributed by atoms with E-state index < -0.39 is 5.54 Å². The van der Waals surface area contributed by atoms with E-state index in [1.807, 2.05) is 26.0 Å². The number of hydrogen-bond donors (Lipinski definition) is 0. The second-order valence-electron chi connectivity index (χ2n) is 8.06. The number of rotatable bonds is 4. The van der Waals surface area contributed by atoms with Crippen LogP contribution >= 0.6 is 0 Å². The molecule has 0 radical (unpaired) electrons. The molecule has 140 valence electrons. The molecule has 1 heterocycles. The van der Waals surface area contributed by atoms with Gasteiger partial charge in [0.15, 0.2) is 5.78 Å². The number of allylic oxidation sites excluding steroid dienone is 1. The van der Waals surface area contributed by atoms with E-state index in [-0.39, 0.29) is 11.7 Å². The normalized spacial score (nSPS) is 20.3. The second kappa shape index (κ2) is 7.06. The lowest BCUT2D eigenvalue weighted by Crippen LogP contribution is -2.54. The van der Waals surface area contributed by atoms with Crippen LogP contribution in [0.3, 0.4) is 0 Å². The van der Waals surface area contributed by atoms with Crippen molar-refractivity contribution in [2.75, 3.05) is 26.3 Å². The molecule has 1 unspecified atom stereocenters. The number of benzene rings is 2. The minimum absolute atomic E-state index is 0.176. The lowest BCUT2D eigenvalue weighted by atomic mass is 9.86. The molecule has 0 bridgehead atoms. The smallest absolute Gasteiger partial charge is 0.182 e. The highest BCUT2D eigenvalue weighted by atomic mass is 16.5. The van der Waals surface area contributed by atoms with Crippen LogP contribution in [0.4, 0.5) is 0 Å². The summed E-state index contributed by atoms with van der Waals surface area (Å²) in [6.07, 6.45) is 2.26. The first-order valence-corrected chi connectivity index (χ1v) is 9.73. The maximum atomic E-state index is 13.2. The summed E-state index contributed by atoms with van der Waals surface area (Å²) in [4.78, 5) is 15.4. The summed E-state index contributed by atoms with van der Waals surface area (Å²) < 4.78 is 5.43. The average Bonchev–Trinajstić information content (AvgIpc) is 3.04. The van der Waals surface area contributed by atoms with Gasteiger partial charge in [-0.25, -0.2) is 0 Å². The van der Waals surface area contributed by atoms with Crippen LogP contribution in [-0.2, 0) is 4.74 Å². The van der Waals surface area contributed by atoms with E-state index in [2.05, 4.69) is 54.3 Å². The van der Waals surface area contributed by atoms with Crippen molar-refractivity contribution in [2.24, 2.45) is 0 Å². The Morgan fingerprint density at radius 2 is 1.70 bits per heavy atom. The molecule has 0 N–H and O–H groups in total. The van der Waals surface area contributed by atoms with Gasteiger partial charge in [0.25, 0.3) is 0 Å². The number of hydrogen-bond acceptors (Lipinski definition) is 3. The number of carbonyl (C=O) groups is 1. The first-order valence-electron chi connectivity index (χ1n) is 9.73. The van der Waals surface area contributed by atoms with E-state index in [0.29, 0.717) is 13.2 Å². The quantitative estimate of drug-likeness (QED) is 0.750. The molecular formula is C24H27NO2. The zero-order chi connectivity index (χ0) is 19.0. The molecule has 1 aliphatic carbocycles. The van der Waals surface area contributed by atoms with Gasteiger partial charge in [-0.3, -0.25) is 9.69 Å². The molecule has 1 atom stereocenters. The summed E-state index contributed by atoms with van der Waals surface area (Å²) in [7, 11) is 0. The van der Waals surface area contributed by atoms with Crippen molar-refractivity contribution in [2.45, 2.75) is 32.2 Å². The van der Waals surface area contributed by atoms with Crippen LogP contribution in [0.25, 0.3) is 6.08 Å². The van der Waals surface area contributed by atoms with Crippen LogP contribution in [0.5, 0.6) is 0 Å². The third-order valence-electron chi connectivity index (χ3n) is 6.01. The second-order valence-corrected chi connectivity index (χ2v) is 8.06. The van der Waals surface area contributed by atoms with Gasteiger partial charge in [0.1, 0.15) is 0 Å². The van der Waals surface area contributed by atoms with Crippen molar-refractivity contribution >= 4 is 11.9 Å². The predicted octanol–water partition coefficient (Wildman–Crippen LogP) is 4.53. The van der Waals surface area contributed by atoms with Gasteiger partial charge in [-0.15, -0.1) is 0 Å². The van der Waals surface area contributed by atoms with Crippen molar-refractivity contribution in [3.05, 3.63) is 76.4 Å². The Kier molecular flexibility index (Phi) is 4.75. The average molecular weight is 361 g/mol. The van der Waals surface area contributed by atoms with Crippen molar-refractivity contribution < 1.29 is 9.53 Å². The van der Waals surface area contributed by atoms with Crippen LogP contribution in [0.2, 0.25) is 0 Å². The van der Waals surface area contributed by atoms with E-state index in [1.165, 1.54) is 22.3 Å². The van der Waals surface area contributed by atoms with E-state index in [4.69, 9.17) is 4.74 Å². The lowest BCUT2D eigenvalue weighted by Gasteiger charge is -2.39. The molecule has 0 saturated carbocycles. The lowest BCUT2D eigenvalue weighted by molar-refractivity contribution is -0.00429. The summed E-state index contributed by atoms with van der Waals surface area (Å²) in [5.74, 6) is 0.465. The molecule has 1 fully saturated rings. The summed E-state index contributed by atoms with van der Waals surface area (Å²) in [6, 6.07) is 16.8. The van der Waals surface area contributed by atoms with E-state index >= 15 is 0 Å². The molecule has 2 aliphatic rings. The number of fused-ring (bicyclic) bond motifs is 1. The highest BCUT2D eigenvalue weighted by molar-refractivity contribution is 6.02. The van der Waals surface area contributed by atoms with Gasteiger partial charge in [0, 0.05) is 24.6 Å². The first kappa shape index (κ1) is 18.1. The van der Waals surface area contributed by atoms with Crippen molar-refractivity contribution in [1.29, 1.82) is 0 Å². The highest BCUT2D eigenvalue weighted by Gasteiger charge is 2.36. The van der Waals surface area contributed by atoms with Gasteiger partial charge in [-0.05, 0) is 37.5 Å². The fraction of sp³-hybridized carbons (Fsp3) is 0.375. The van der Waals surface area contributed by atoms with Crippen LogP contribution in [0.1, 0.15) is 53.7 Å². The molecular weight excluding hydrogens is 334 g/mol. The van der Waals surface area contributed by atoms with Crippen LogP contribution in [0.15, 0.2) is 54.1 Å². The van der Waals surface area contributed by atoms with Crippen LogP contribution in [-0.4, -0.2) is 42.5 Å². The highest BCUT2D eigenvalue weighted by Crippen LogP contribution is 2.40. The fourth-order valence-electron chi connectivity index (χ4n) is 4.37. The number of ketones is 1. The van der Waals surface area contributed by atoms with Gasteiger partial charge >= 0.3 is 0 Å². The fourth-order valence-corrected chi connectivity index (χ4v) is 4.37. The minimum atomic E-state index is -0.513. The predicted molar refractivity (Wildman–Crippen MR) is 109 cm³/mol. The Bertz CT molecular complexity index is 874. The van der Waals surface area contributed by atoms with Gasteiger partial charge in [-0.1, -0.05) is 60.2 Å². The topological polar surface area (TPSA) is 29.5 Å². The molecule has 27 heavy (non-hydrogen) atoms. The molecule has 2 aromatic rings. The van der Waals surface area contributed by atoms with Crippen LogP contribution < -0.4 is 0 Å². The molecule has 1 aliphatic heterocycles. The Morgan fingerprint density at radius 3 is 2.41 bits per heavy atom. The third kappa shape index (κ3) is 3.26. The van der Waals surface area contributed by atoms with Crippen molar-refractivity contribution in [1.82, 2.24) is 4.90 Å². The Balaban J connectivity index is 1.58. The molecule has 1 saturated heterocycles. The molecule has 3 heteroatoms. The van der Waals surface area contributed by atoms with E-state index in [9.17, 15) is 4.79 Å². The zero-order valence-corrected chi connectivity index (χ0v) is 16.4. The number of Topliss-reactive ketones (excluding diaryl/α,β-unsaturated/α-hetero) is 1. The number of carbonyl (C=O) groups excluding carboxylic acids is 1. The maximum Gasteiger partial charge on any atom is 0.182 e. The molecule has 0 spiro atoms. The first-order chi connectivity index (χ1) is 13.0. The number of morpholine rings is 1. The molecule has 0 amide bonds. The monoisotopic (exact) mass is 361 g/mol. The van der Waals surface area contributed by atoms with Gasteiger partial charge in [0.05, 0.1) is 18.8 Å². The Morgan fingerprint density at radius 1 is 1.04 bits per heavy atom. The van der Waals surface area contributed by atoms with Crippen LogP contribution in [0, 0.1) is 0 Å². The summed E-state index contributed by atoms with van der Waals surface area (Å²) in [6.45, 7) is 9.23. The Hall–Kier alpha value is -2.23. The summed E-state index contributed by atoms with van der Waals surface area (Å²) in [5.41, 5.74) is 5.51. The SMILES string of the molecule is CC1=Cc2ccccc2C1c1ccc(C(=O)C(C)(C)N2CCOCC2)cc1. The molecule has 4 rings (SSSR count). The minimum Gasteiger partial charge on any atom is -0.379 e. The Labute approximate surface area is 161 Å². The van der Waals surface area contributed by atoms with E-state index in [0.717, 1.165) is 18.7 Å². The maximum absolute atomic E-state index is 13.2. The summed E-state index contributed by atoms with van der Waals surface area (Å²) in [5, 5.41) is 0. The molecule has 0 aromatic heterocycles. The van der Waals surface area contributed by atoms with Gasteiger partial charge in [-0.2, -0.15) is 0 Å². The zero-order valence-electron chi connectivity index (χ0n) is 16.4. The third-order valence-corrected chi connectivity index (χ3v) is 6.01. The molecule has 3 nitrogen and oxygen atoms in total. The van der Waals surface area contributed by atoms with Crippen molar-refractivity contribution in [3.8, 4) is 0 Å². The number of ether oxygens (including phenoxy) is 1. The van der Waals surface area contributed by atoms with Crippen molar-refractivity contribution in [3.63, 3.8) is 0 Å². The van der Waals surface area contributed by atoms with E-state index in [1.54, 1.807) is 0 Å². The van der Waals surface area contributed by atoms with Gasteiger partial charge < -0.3 is 4.74 Å². The number of nitrogens with zero attached hydrogens (tertiary/aromatic N) is 1.